The molecule has 158 valence electrons. The summed E-state index contributed by atoms with van der Waals surface area (Å²) in [5.74, 6) is 2.07. The summed E-state index contributed by atoms with van der Waals surface area (Å²) in [4.78, 5) is 9.35. The number of piperazine rings is 1. The molecule has 1 fully saturated rings. The molecule has 0 radical (unpaired) electrons. The molecule has 1 saturated heterocycles. The lowest BCUT2D eigenvalue weighted by Gasteiger charge is -2.48. The van der Waals surface area contributed by atoms with Crippen LogP contribution in [0.2, 0.25) is 0 Å². The van der Waals surface area contributed by atoms with E-state index >= 15 is 0 Å². The average Bonchev–Trinajstić information content (AvgIpc) is 3.03. The predicted octanol–water partition coefficient (Wildman–Crippen LogP) is 3.14. The van der Waals surface area contributed by atoms with Gasteiger partial charge in [0.25, 0.3) is 5.96 Å². The van der Waals surface area contributed by atoms with E-state index in [1.807, 2.05) is 31.3 Å². The fourth-order valence-electron chi connectivity index (χ4n) is 4.38. The largest absolute Gasteiger partial charge is 0.497 e. The molecule has 0 amide bonds. The van der Waals surface area contributed by atoms with Gasteiger partial charge in [-0.3, -0.25) is 0 Å². The highest BCUT2D eigenvalue weighted by Crippen LogP contribution is 2.32. The maximum absolute atomic E-state index is 6.38. The molecule has 2 aliphatic heterocycles. The molecule has 7 heteroatoms. The second kappa shape index (κ2) is 7.32. The number of hydrogen-bond donors (Lipinski definition) is 1. The zero-order valence-corrected chi connectivity index (χ0v) is 18.5. The van der Waals surface area contributed by atoms with Gasteiger partial charge in [-0.2, -0.15) is 0 Å². The zero-order chi connectivity index (χ0) is 21.5. The number of rotatable bonds is 3. The lowest BCUT2D eigenvalue weighted by molar-refractivity contribution is 0.262. The summed E-state index contributed by atoms with van der Waals surface area (Å²) >= 11 is 0. The number of hydrogen-bond acceptors (Lipinski definition) is 6. The first kappa shape index (κ1) is 20.2. The number of aryl methyl sites for hydroxylation is 1. The number of aliphatic imine (C=N–C) groups is 1. The van der Waals surface area contributed by atoms with Crippen molar-refractivity contribution in [1.29, 1.82) is 0 Å². The number of nitrogens with two attached hydrogens (primary N) is 1. The van der Waals surface area contributed by atoms with E-state index in [-0.39, 0.29) is 10.1 Å². The molecule has 0 spiro atoms. The molecule has 0 aliphatic carbocycles. The van der Waals surface area contributed by atoms with Crippen LogP contribution in [0.1, 0.15) is 19.4 Å². The Morgan fingerprint density at radius 3 is 2.40 bits per heavy atom. The summed E-state index contributed by atoms with van der Waals surface area (Å²) in [5, 5.41) is 4.96. The van der Waals surface area contributed by atoms with Crippen LogP contribution in [0, 0.1) is 6.92 Å². The van der Waals surface area contributed by atoms with Gasteiger partial charge in [-0.05, 0) is 50.1 Å². The van der Waals surface area contributed by atoms with E-state index in [4.69, 9.17) is 15.6 Å². The molecule has 1 unspecified atom stereocenters. The lowest BCUT2D eigenvalue weighted by Crippen LogP contribution is -2.60. The van der Waals surface area contributed by atoms with Crippen LogP contribution >= 0.6 is 0 Å². The molecule has 7 nitrogen and oxygen atoms in total. The van der Waals surface area contributed by atoms with Crippen LogP contribution < -0.4 is 20.0 Å². The van der Waals surface area contributed by atoms with Gasteiger partial charge in [-0.25, -0.2) is 0 Å². The fourth-order valence-corrected chi connectivity index (χ4v) is 4.38. The monoisotopic (exact) mass is 407 g/mol. The topological polar surface area (TPSA) is 66.5 Å². The number of methoxy groups -OCH3 is 1. The second-order valence-corrected chi connectivity index (χ2v) is 8.70. The molecule has 2 aromatic rings. The minimum absolute atomic E-state index is 0.0890. The van der Waals surface area contributed by atoms with Crippen LogP contribution in [0.4, 0.5) is 11.4 Å². The predicted molar refractivity (Wildman–Crippen MR) is 124 cm³/mol. The maximum atomic E-state index is 6.38. The third-order valence-electron chi connectivity index (χ3n) is 6.10. The van der Waals surface area contributed by atoms with Gasteiger partial charge >= 0.3 is 5.96 Å². The van der Waals surface area contributed by atoms with Crippen molar-refractivity contribution in [1.82, 2.24) is 9.49 Å². The Morgan fingerprint density at radius 2 is 1.77 bits per heavy atom. The number of benzene rings is 2. The second-order valence-electron chi connectivity index (χ2n) is 8.70. The molecule has 4 rings (SSSR count). The van der Waals surface area contributed by atoms with Gasteiger partial charge in [0.1, 0.15) is 12.8 Å². The Labute approximate surface area is 178 Å². The Hall–Kier alpha value is -3.06. The normalized spacial score (nSPS) is 23.2. The number of anilines is 1. The zero-order valence-electron chi connectivity index (χ0n) is 18.5. The standard InChI is InChI=1S/C23H31N6O/c1-17-8-6-7-9-20(17)29(4)21(24)25-22(26-29)27-14-15-28(23(2,3)16-27)18-10-12-19(30-5)13-11-18/h6-13H,14-16H2,1-5H3,(H2,24,25,26)/q+1. The summed E-state index contributed by atoms with van der Waals surface area (Å²) in [5.41, 5.74) is 9.68. The average molecular weight is 408 g/mol. The first-order valence-electron chi connectivity index (χ1n) is 10.3. The van der Waals surface area contributed by atoms with Gasteiger partial charge < -0.3 is 20.3 Å². The molecule has 0 aromatic heterocycles. The van der Waals surface area contributed by atoms with Crippen molar-refractivity contribution in [3.63, 3.8) is 0 Å². The SMILES string of the molecule is COc1ccc(N2CCN(C3=N[N+](C)(c4ccccc4C)C(N)=N3)CC2(C)C)cc1. The van der Waals surface area contributed by atoms with E-state index in [1.54, 1.807) is 7.11 Å². The van der Waals surface area contributed by atoms with Gasteiger partial charge in [-0.1, -0.05) is 18.2 Å². The van der Waals surface area contributed by atoms with Crippen LogP contribution in [0.5, 0.6) is 5.75 Å². The van der Waals surface area contributed by atoms with Crippen molar-refractivity contribution < 1.29 is 4.74 Å². The van der Waals surface area contributed by atoms with Crippen molar-refractivity contribution >= 4 is 23.3 Å². The van der Waals surface area contributed by atoms with Crippen molar-refractivity contribution in [2.75, 3.05) is 38.7 Å². The smallest absolute Gasteiger partial charge is 0.335 e. The summed E-state index contributed by atoms with van der Waals surface area (Å²) in [7, 11) is 3.68. The Kier molecular flexibility index (Phi) is 4.94. The van der Waals surface area contributed by atoms with Crippen molar-refractivity contribution in [3.8, 4) is 5.75 Å². The number of guanidine groups is 2. The Balaban J connectivity index is 1.57. The highest BCUT2D eigenvalue weighted by molar-refractivity contribution is 6.04. The van der Waals surface area contributed by atoms with Gasteiger partial charge in [0.05, 0.1) is 12.6 Å². The summed E-state index contributed by atoms with van der Waals surface area (Å²) in [6, 6.07) is 16.4. The molecule has 2 heterocycles. The van der Waals surface area contributed by atoms with Crippen molar-refractivity contribution in [2.45, 2.75) is 26.3 Å². The van der Waals surface area contributed by atoms with Crippen molar-refractivity contribution in [2.24, 2.45) is 15.8 Å². The Morgan fingerprint density at radius 1 is 1.07 bits per heavy atom. The molecule has 0 saturated carbocycles. The van der Waals surface area contributed by atoms with E-state index in [1.165, 1.54) is 5.69 Å². The molecule has 0 bridgehead atoms. The highest BCUT2D eigenvalue weighted by atomic mass is 16.5. The molecule has 2 aliphatic rings. The van der Waals surface area contributed by atoms with Gasteiger partial charge in [0.15, 0.2) is 5.69 Å². The third-order valence-corrected chi connectivity index (χ3v) is 6.10. The van der Waals surface area contributed by atoms with E-state index in [2.05, 4.69) is 59.8 Å². The minimum atomic E-state index is -0.0890. The molecule has 2 aromatic carbocycles. The number of ether oxygens (including phenoxy) is 1. The van der Waals surface area contributed by atoms with Crippen LogP contribution in [0.3, 0.4) is 0 Å². The minimum Gasteiger partial charge on any atom is -0.497 e. The number of quaternary nitrogens is 1. The summed E-state index contributed by atoms with van der Waals surface area (Å²) in [6.45, 7) is 9.10. The first-order chi connectivity index (χ1) is 14.2. The van der Waals surface area contributed by atoms with Crippen LogP contribution in [0.15, 0.2) is 58.6 Å². The van der Waals surface area contributed by atoms with Crippen LogP contribution in [0.25, 0.3) is 0 Å². The molecule has 1 atom stereocenters. The third kappa shape index (κ3) is 3.39. The summed E-state index contributed by atoms with van der Waals surface area (Å²) < 4.78 is 5.46. The van der Waals surface area contributed by atoms with E-state index < -0.39 is 0 Å². The van der Waals surface area contributed by atoms with E-state index in [0.717, 1.165) is 36.6 Å². The Bertz CT molecular complexity index is 997. The van der Waals surface area contributed by atoms with Gasteiger partial charge in [-0.15, -0.1) is 9.58 Å². The van der Waals surface area contributed by atoms with E-state index in [0.29, 0.717) is 11.9 Å². The molecule has 30 heavy (non-hydrogen) atoms. The number of nitrogens with zero attached hydrogens (tertiary/aromatic N) is 5. The van der Waals surface area contributed by atoms with Gasteiger partial charge in [0, 0.05) is 37.0 Å². The van der Waals surface area contributed by atoms with Crippen LogP contribution in [-0.4, -0.2) is 56.1 Å². The first-order valence-corrected chi connectivity index (χ1v) is 10.3. The van der Waals surface area contributed by atoms with Gasteiger partial charge in [0.2, 0.25) is 0 Å². The van der Waals surface area contributed by atoms with Crippen molar-refractivity contribution in [3.05, 3.63) is 54.1 Å². The molecular formula is C23H31N6O+. The molecule has 2 N–H and O–H groups in total. The number of para-hydroxylation sites is 1. The quantitative estimate of drug-likeness (QED) is 0.794. The molecular weight excluding hydrogens is 376 g/mol. The lowest BCUT2D eigenvalue weighted by atomic mass is 9.98. The highest BCUT2D eigenvalue weighted by Gasteiger charge is 2.43. The summed E-state index contributed by atoms with van der Waals surface area (Å²) in [6.07, 6.45) is 0. The van der Waals surface area contributed by atoms with Crippen LogP contribution in [-0.2, 0) is 0 Å². The van der Waals surface area contributed by atoms with E-state index in [9.17, 15) is 0 Å². The fraction of sp³-hybridized carbons (Fsp3) is 0.391. The maximum Gasteiger partial charge on any atom is 0.335 e.